The number of likely N-dealkylation sites (tertiary alicyclic amines) is 1. The Labute approximate surface area is 162 Å². The highest BCUT2D eigenvalue weighted by Gasteiger charge is 2.41. The van der Waals surface area contributed by atoms with Crippen LogP contribution >= 0.6 is 0 Å². The summed E-state index contributed by atoms with van der Waals surface area (Å²) < 4.78 is 5.46. The number of aromatic nitrogens is 3. The van der Waals surface area contributed by atoms with Crippen LogP contribution in [0.15, 0.2) is 24.3 Å². The molecule has 4 rings (SSSR count). The van der Waals surface area contributed by atoms with Crippen molar-refractivity contribution in [1.29, 1.82) is 0 Å². The van der Waals surface area contributed by atoms with E-state index in [4.69, 9.17) is 4.74 Å². The number of aryl methyl sites for hydroxylation is 1. The Morgan fingerprint density at radius 1 is 1.29 bits per heavy atom. The number of anilines is 1. The number of carbonyl (C=O) groups is 2. The van der Waals surface area contributed by atoms with Gasteiger partial charge in [-0.2, -0.15) is 5.10 Å². The van der Waals surface area contributed by atoms with E-state index >= 15 is 0 Å². The standard InChI is InChI=1S/C19H24N6O3/c1-13-21-16(24-23-13)11-14-3-5-15(6-4-14)22-17(26)25-9-2-7-19(8-10-25)12-20-18(27)28-19/h3-6H,2,7-12H2,1H3,(H,20,27)(H,22,26)(H,21,23,24). The first kappa shape index (κ1) is 18.3. The largest absolute Gasteiger partial charge is 0.441 e. The number of carbonyl (C=O) groups excluding carboxylic acids is 2. The van der Waals surface area contributed by atoms with Gasteiger partial charge in [0.1, 0.15) is 11.4 Å². The normalized spacial score (nSPS) is 21.9. The summed E-state index contributed by atoms with van der Waals surface area (Å²) in [5, 5.41) is 12.6. The van der Waals surface area contributed by atoms with Gasteiger partial charge in [-0.05, 0) is 37.5 Å². The van der Waals surface area contributed by atoms with E-state index in [0.717, 1.165) is 35.7 Å². The number of alkyl carbamates (subject to hydrolysis) is 1. The van der Waals surface area contributed by atoms with Crippen LogP contribution in [-0.2, 0) is 11.2 Å². The molecule has 9 nitrogen and oxygen atoms in total. The minimum absolute atomic E-state index is 0.133. The number of rotatable bonds is 3. The van der Waals surface area contributed by atoms with Crippen molar-refractivity contribution in [3.05, 3.63) is 41.5 Å². The summed E-state index contributed by atoms with van der Waals surface area (Å²) in [5.41, 5.74) is 1.35. The number of hydrogen-bond donors (Lipinski definition) is 3. The van der Waals surface area contributed by atoms with Crippen LogP contribution in [0.1, 0.15) is 36.5 Å². The van der Waals surface area contributed by atoms with Gasteiger partial charge in [-0.15, -0.1) is 0 Å². The number of H-pyrrole nitrogens is 1. The predicted octanol–water partition coefficient (Wildman–Crippen LogP) is 2.20. The Balaban J connectivity index is 1.32. The highest BCUT2D eigenvalue weighted by atomic mass is 16.6. The molecule has 28 heavy (non-hydrogen) atoms. The molecule has 1 atom stereocenters. The van der Waals surface area contributed by atoms with Gasteiger partial charge < -0.3 is 20.3 Å². The quantitative estimate of drug-likeness (QED) is 0.751. The summed E-state index contributed by atoms with van der Waals surface area (Å²) in [5.74, 6) is 1.54. The van der Waals surface area contributed by atoms with Gasteiger partial charge in [0.05, 0.1) is 6.54 Å². The molecule has 0 saturated carbocycles. The van der Waals surface area contributed by atoms with Crippen LogP contribution in [-0.4, -0.2) is 57.4 Å². The zero-order chi connectivity index (χ0) is 19.6. The number of urea groups is 1. The average Bonchev–Trinajstić information content (AvgIpc) is 3.17. The van der Waals surface area contributed by atoms with Crippen molar-refractivity contribution in [1.82, 2.24) is 25.4 Å². The van der Waals surface area contributed by atoms with Gasteiger partial charge in [0.15, 0.2) is 5.82 Å². The van der Waals surface area contributed by atoms with Gasteiger partial charge in [-0.3, -0.25) is 5.10 Å². The van der Waals surface area contributed by atoms with E-state index in [-0.39, 0.29) is 12.1 Å². The number of nitrogens with one attached hydrogen (secondary N) is 3. The molecule has 1 spiro atoms. The van der Waals surface area contributed by atoms with Gasteiger partial charge in [0, 0.05) is 31.6 Å². The summed E-state index contributed by atoms with van der Waals surface area (Å²) in [6.45, 7) is 3.59. The van der Waals surface area contributed by atoms with Crippen LogP contribution < -0.4 is 10.6 Å². The number of amides is 3. The molecular formula is C19H24N6O3. The van der Waals surface area contributed by atoms with Gasteiger partial charge >= 0.3 is 12.1 Å². The smallest absolute Gasteiger partial charge is 0.407 e. The van der Waals surface area contributed by atoms with Crippen molar-refractivity contribution in [2.75, 3.05) is 25.0 Å². The SMILES string of the molecule is Cc1nc(Cc2ccc(NC(=O)N3CCCC4(CC3)CNC(=O)O4)cc2)n[nH]1. The molecule has 0 radical (unpaired) electrons. The summed E-state index contributed by atoms with van der Waals surface area (Å²) >= 11 is 0. The number of hydrogen-bond acceptors (Lipinski definition) is 5. The van der Waals surface area contributed by atoms with Gasteiger partial charge in [0.25, 0.3) is 0 Å². The van der Waals surface area contributed by atoms with Gasteiger partial charge in [-0.25, -0.2) is 14.6 Å². The van der Waals surface area contributed by atoms with Crippen LogP contribution in [0.25, 0.3) is 0 Å². The molecule has 2 aliphatic heterocycles. The summed E-state index contributed by atoms with van der Waals surface area (Å²) in [4.78, 5) is 30.1. The third kappa shape index (κ3) is 4.08. The molecule has 1 aromatic heterocycles. The third-order valence-electron chi connectivity index (χ3n) is 5.26. The minimum Gasteiger partial charge on any atom is -0.441 e. The predicted molar refractivity (Wildman–Crippen MR) is 102 cm³/mol. The number of ether oxygens (including phenoxy) is 1. The van der Waals surface area contributed by atoms with E-state index in [2.05, 4.69) is 25.8 Å². The molecule has 2 aromatic rings. The molecular weight excluding hydrogens is 360 g/mol. The number of benzene rings is 1. The highest BCUT2D eigenvalue weighted by molar-refractivity contribution is 5.89. The molecule has 9 heteroatoms. The number of nitrogens with zero attached hydrogens (tertiary/aromatic N) is 3. The lowest BCUT2D eigenvalue weighted by Crippen LogP contribution is -2.38. The molecule has 2 saturated heterocycles. The van der Waals surface area contributed by atoms with E-state index in [1.165, 1.54) is 0 Å². The molecule has 0 bridgehead atoms. The molecule has 3 amide bonds. The fraction of sp³-hybridized carbons (Fsp3) is 0.474. The van der Waals surface area contributed by atoms with Crippen molar-refractivity contribution in [3.8, 4) is 0 Å². The summed E-state index contributed by atoms with van der Waals surface area (Å²) in [7, 11) is 0. The Bertz CT molecular complexity index is 865. The lowest BCUT2D eigenvalue weighted by atomic mass is 9.95. The Hall–Kier alpha value is -3.10. The van der Waals surface area contributed by atoms with Gasteiger partial charge in [0.2, 0.25) is 0 Å². The highest BCUT2D eigenvalue weighted by Crippen LogP contribution is 2.29. The molecule has 2 aliphatic rings. The van der Waals surface area contributed by atoms with Crippen molar-refractivity contribution >= 4 is 17.8 Å². The molecule has 1 unspecified atom stereocenters. The fourth-order valence-corrected chi connectivity index (χ4v) is 3.71. The fourth-order valence-electron chi connectivity index (χ4n) is 3.71. The summed E-state index contributed by atoms with van der Waals surface area (Å²) in [6, 6.07) is 7.56. The zero-order valence-corrected chi connectivity index (χ0v) is 15.8. The van der Waals surface area contributed by atoms with Crippen LogP contribution in [0.5, 0.6) is 0 Å². The Morgan fingerprint density at radius 2 is 2.11 bits per heavy atom. The molecule has 0 aliphatic carbocycles. The lowest BCUT2D eigenvalue weighted by Gasteiger charge is -2.25. The first-order chi connectivity index (χ1) is 13.5. The van der Waals surface area contributed by atoms with Crippen molar-refractivity contribution < 1.29 is 14.3 Å². The van der Waals surface area contributed by atoms with Gasteiger partial charge in [-0.1, -0.05) is 12.1 Å². The monoisotopic (exact) mass is 384 g/mol. The van der Waals surface area contributed by atoms with Crippen LogP contribution in [0.3, 0.4) is 0 Å². The molecule has 3 N–H and O–H groups in total. The topological polar surface area (TPSA) is 112 Å². The van der Waals surface area contributed by atoms with Crippen LogP contribution in [0.4, 0.5) is 15.3 Å². The molecule has 2 fully saturated rings. The lowest BCUT2D eigenvalue weighted by molar-refractivity contribution is 0.0454. The van der Waals surface area contributed by atoms with Crippen molar-refractivity contribution in [3.63, 3.8) is 0 Å². The second-order valence-electron chi connectivity index (χ2n) is 7.41. The van der Waals surface area contributed by atoms with Crippen molar-refractivity contribution in [2.45, 2.75) is 38.2 Å². The zero-order valence-electron chi connectivity index (χ0n) is 15.8. The maximum absolute atomic E-state index is 12.6. The minimum atomic E-state index is -0.466. The van der Waals surface area contributed by atoms with E-state index in [0.29, 0.717) is 32.5 Å². The van der Waals surface area contributed by atoms with Crippen LogP contribution in [0.2, 0.25) is 0 Å². The Morgan fingerprint density at radius 3 is 2.79 bits per heavy atom. The first-order valence-corrected chi connectivity index (χ1v) is 9.51. The molecule has 3 heterocycles. The second kappa shape index (κ2) is 7.49. The maximum atomic E-state index is 12.6. The Kier molecular flexibility index (Phi) is 4.89. The average molecular weight is 384 g/mol. The van der Waals surface area contributed by atoms with E-state index < -0.39 is 5.60 Å². The molecule has 148 valence electrons. The van der Waals surface area contributed by atoms with Crippen molar-refractivity contribution in [2.24, 2.45) is 0 Å². The molecule has 1 aromatic carbocycles. The van der Waals surface area contributed by atoms with E-state index in [1.807, 2.05) is 31.2 Å². The summed E-state index contributed by atoms with van der Waals surface area (Å²) in [6.07, 6.45) is 2.49. The number of aromatic amines is 1. The van der Waals surface area contributed by atoms with E-state index in [9.17, 15) is 9.59 Å². The third-order valence-corrected chi connectivity index (χ3v) is 5.26. The van der Waals surface area contributed by atoms with E-state index in [1.54, 1.807) is 4.90 Å². The maximum Gasteiger partial charge on any atom is 0.407 e. The van der Waals surface area contributed by atoms with Crippen LogP contribution in [0, 0.1) is 6.92 Å². The first-order valence-electron chi connectivity index (χ1n) is 9.51. The second-order valence-corrected chi connectivity index (χ2v) is 7.41.